The van der Waals surface area contributed by atoms with Gasteiger partial charge in [0.05, 0.1) is 6.42 Å². The summed E-state index contributed by atoms with van der Waals surface area (Å²) in [5.74, 6) is 0.113. The second-order valence-corrected chi connectivity index (χ2v) is 5.82. The highest BCUT2D eigenvalue weighted by Gasteiger charge is 2.34. The molecule has 0 aromatic heterocycles. The van der Waals surface area contributed by atoms with Crippen molar-refractivity contribution in [2.75, 3.05) is 0 Å². The minimum atomic E-state index is 0.113. The summed E-state index contributed by atoms with van der Waals surface area (Å²) in [5, 5.41) is 1.13. The molecule has 0 N–H and O–H groups in total. The van der Waals surface area contributed by atoms with Crippen LogP contribution >= 0.6 is 23.2 Å². The van der Waals surface area contributed by atoms with Gasteiger partial charge in [0.2, 0.25) is 5.91 Å². The first-order chi connectivity index (χ1) is 8.50. The van der Waals surface area contributed by atoms with Crippen LogP contribution in [0, 0.1) is 0 Å². The second-order valence-electron chi connectivity index (χ2n) is 5.00. The fourth-order valence-electron chi connectivity index (χ4n) is 2.21. The van der Waals surface area contributed by atoms with E-state index in [4.69, 9.17) is 23.2 Å². The van der Waals surface area contributed by atoms with Crippen molar-refractivity contribution in [3.8, 4) is 0 Å². The summed E-state index contributed by atoms with van der Waals surface area (Å²) in [4.78, 5) is 14.3. The molecule has 1 aliphatic carbocycles. The Labute approximate surface area is 118 Å². The lowest BCUT2D eigenvalue weighted by Crippen LogP contribution is -2.39. The lowest BCUT2D eigenvalue weighted by Gasteiger charge is -2.27. The Morgan fingerprint density at radius 1 is 1.33 bits per heavy atom. The average molecular weight is 286 g/mol. The first-order valence-electron chi connectivity index (χ1n) is 6.24. The third kappa shape index (κ3) is 2.99. The molecule has 98 valence electrons. The van der Waals surface area contributed by atoms with E-state index in [9.17, 15) is 4.79 Å². The maximum Gasteiger partial charge on any atom is 0.227 e. The first-order valence-corrected chi connectivity index (χ1v) is 7.00. The Hall–Kier alpha value is -0.730. The van der Waals surface area contributed by atoms with Gasteiger partial charge in [0.25, 0.3) is 0 Å². The predicted molar refractivity (Wildman–Crippen MR) is 75.2 cm³/mol. The number of hydrogen-bond donors (Lipinski definition) is 0. The molecule has 0 heterocycles. The van der Waals surface area contributed by atoms with Crippen LogP contribution in [0.1, 0.15) is 32.3 Å². The Bertz CT molecular complexity index is 433. The van der Waals surface area contributed by atoms with Crippen LogP contribution in [0.2, 0.25) is 10.0 Å². The Morgan fingerprint density at radius 2 is 1.89 bits per heavy atom. The third-order valence-corrected chi connectivity index (χ3v) is 3.88. The van der Waals surface area contributed by atoms with Crippen molar-refractivity contribution in [1.82, 2.24) is 4.90 Å². The molecule has 1 saturated carbocycles. The van der Waals surface area contributed by atoms with Gasteiger partial charge in [0, 0.05) is 22.1 Å². The van der Waals surface area contributed by atoms with Crippen molar-refractivity contribution in [1.29, 1.82) is 0 Å². The van der Waals surface area contributed by atoms with Gasteiger partial charge >= 0.3 is 0 Å². The van der Waals surface area contributed by atoms with E-state index in [-0.39, 0.29) is 18.4 Å². The van der Waals surface area contributed by atoms with Crippen LogP contribution in [0.4, 0.5) is 0 Å². The van der Waals surface area contributed by atoms with E-state index in [2.05, 4.69) is 0 Å². The average Bonchev–Trinajstić information content (AvgIpc) is 3.07. The van der Waals surface area contributed by atoms with Gasteiger partial charge in [-0.3, -0.25) is 4.79 Å². The van der Waals surface area contributed by atoms with Crippen molar-refractivity contribution in [3.63, 3.8) is 0 Å². The number of benzene rings is 1. The summed E-state index contributed by atoms with van der Waals surface area (Å²) in [6, 6.07) is 5.98. The van der Waals surface area contributed by atoms with Crippen LogP contribution in [0.25, 0.3) is 0 Å². The minimum absolute atomic E-state index is 0.113. The number of carbonyl (C=O) groups excluding carboxylic acids is 1. The Morgan fingerprint density at radius 3 is 2.33 bits per heavy atom. The van der Waals surface area contributed by atoms with E-state index < -0.39 is 0 Å². The number of carbonyl (C=O) groups is 1. The van der Waals surface area contributed by atoms with Gasteiger partial charge in [-0.25, -0.2) is 0 Å². The van der Waals surface area contributed by atoms with Gasteiger partial charge < -0.3 is 4.90 Å². The molecular weight excluding hydrogens is 269 g/mol. The summed E-state index contributed by atoms with van der Waals surface area (Å²) in [6.45, 7) is 4.09. The highest BCUT2D eigenvalue weighted by molar-refractivity contribution is 6.36. The highest BCUT2D eigenvalue weighted by Crippen LogP contribution is 2.31. The molecule has 2 nitrogen and oxygen atoms in total. The maximum atomic E-state index is 12.3. The number of amides is 1. The summed E-state index contributed by atoms with van der Waals surface area (Å²) in [6.07, 6.45) is 2.51. The first kappa shape index (κ1) is 13.7. The lowest BCUT2D eigenvalue weighted by atomic mass is 10.1. The number of hydrogen-bond acceptors (Lipinski definition) is 1. The summed E-state index contributed by atoms with van der Waals surface area (Å²) in [7, 11) is 0. The molecule has 1 amide bonds. The van der Waals surface area contributed by atoms with Gasteiger partial charge in [0.15, 0.2) is 0 Å². The zero-order chi connectivity index (χ0) is 13.3. The fraction of sp³-hybridized carbons (Fsp3) is 0.500. The van der Waals surface area contributed by atoms with Crippen LogP contribution in [-0.4, -0.2) is 22.9 Å². The van der Waals surface area contributed by atoms with Crippen molar-refractivity contribution in [2.45, 2.75) is 45.2 Å². The molecule has 1 aromatic rings. The largest absolute Gasteiger partial charge is 0.337 e. The number of nitrogens with zero attached hydrogens (tertiary/aromatic N) is 1. The van der Waals surface area contributed by atoms with Crippen molar-refractivity contribution in [3.05, 3.63) is 33.8 Å². The smallest absolute Gasteiger partial charge is 0.227 e. The van der Waals surface area contributed by atoms with E-state index in [1.54, 1.807) is 18.2 Å². The van der Waals surface area contributed by atoms with Crippen LogP contribution in [0.3, 0.4) is 0 Å². The quantitative estimate of drug-likeness (QED) is 0.821. The molecule has 4 heteroatoms. The molecule has 2 rings (SSSR count). The fourth-order valence-corrected chi connectivity index (χ4v) is 2.74. The van der Waals surface area contributed by atoms with E-state index in [0.717, 1.165) is 18.4 Å². The molecule has 0 aliphatic heterocycles. The molecule has 0 spiro atoms. The molecule has 18 heavy (non-hydrogen) atoms. The molecule has 1 aliphatic rings. The predicted octanol–water partition coefficient (Wildman–Crippen LogP) is 3.94. The number of rotatable bonds is 4. The lowest BCUT2D eigenvalue weighted by molar-refractivity contribution is -0.132. The van der Waals surface area contributed by atoms with E-state index in [0.29, 0.717) is 16.1 Å². The van der Waals surface area contributed by atoms with Crippen molar-refractivity contribution in [2.24, 2.45) is 0 Å². The maximum absolute atomic E-state index is 12.3. The minimum Gasteiger partial charge on any atom is -0.337 e. The molecule has 1 fully saturated rings. The molecule has 0 atom stereocenters. The van der Waals surface area contributed by atoms with Crippen molar-refractivity contribution >= 4 is 29.1 Å². The second kappa shape index (κ2) is 5.50. The van der Waals surface area contributed by atoms with Crippen molar-refractivity contribution < 1.29 is 4.79 Å². The highest BCUT2D eigenvalue weighted by atomic mass is 35.5. The van der Waals surface area contributed by atoms with Gasteiger partial charge in [-0.1, -0.05) is 29.3 Å². The zero-order valence-electron chi connectivity index (χ0n) is 10.6. The van der Waals surface area contributed by atoms with Gasteiger partial charge in [-0.05, 0) is 44.4 Å². The number of halogens is 2. The molecule has 1 aromatic carbocycles. The Balaban J connectivity index is 2.15. The van der Waals surface area contributed by atoms with Crippen LogP contribution in [0.5, 0.6) is 0 Å². The third-order valence-electron chi connectivity index (χ3n) is 3.17. The van der Waals surface area contributed by atoms with Gasteiger partial charge in [-0.15, -0.1) is 0 Å². The normalized spacial score (nSPS) is 14.9. The zero-order valence-corrected chi connectivity index (χ0v) is 12.1. The monoisotopic (exact) mass is 285 g/mol. The van der Waals surface area contributed by atoms with Crippen LogP contribution in [0.15, 0.2) is 18.2 Å². The summed E-state index contributed by atoms with van der Waals surface area (Å²) >= 11 is 12.2. The SMILES string of the molecule is CC(C)N(C(=O)Cc1c(Cl)cccc1Cl)C1CC1. The molecular formula is C14H17Cl2NO. The van der Waals surface area contributed by atoms with E-state index >= 15 is 0 Å². The van der Waals surface area contributed by atoms with Gasteiger partial charge in [-0.2, -0.15) is 0 Å². The molecule has 0 unspecified atom stereocenters. The topological polar surface area (TPSA) is 20.3 Å². The Kier molecular flexibility index (Phi) is 4.18. The molecule has 0 saturated heterocycles. The van der Waals surface area contributed by atoms with E-state index in [1.165, 1.54) is 0 Å². The van der Waals surface area contributed by atoms with E-state index in [1.807, 2.05) is 18.7 Å². The summed E-state index contributed by atoms with van der Waals surface area (Å²) in [5.41, 5.74) is 0.733. The summed E-state index contributed by atoms with van der Waals surface area (Å²) < 4.78 is 0. The van der Waals surface area contributed by atoms with Crippen LogP contribution < -0.4 is 0 Å². The van der Waals surface area contributed by atoms with Crippen LogP contribution in [-0.2, 0) is 11.2 Å². The molecule has 0 bridgehead atoms. The molecule has 0 radical (unpaired) electrons. The van der Waals surface area contributed by atoms with Gasteiger partial charge in [0.1, 0.15) is 0 Å². The standard InChI is InChI=1S/C14H17Cl2NO/c1-9(2)17(10-6-7-10)14(18)8-11-12(15)4-3-5-13(11)16/h3-5,9-10H,6-8H2,1-2H3.